The van der Waals surface area contributed by atoms with Gasteiger partial charge >= 0.3 is 0 Å². The van der Waals surface area contributed by atoms with Crippen LogP contribution in [-0.4, -0.2) is 16.3 Å². The SMILES string of the molecule is CCNCc1ccc(F)cc1-c1ccnn1C. The number of hydrogen-bond donors (Lipinski definition) is 1. The molecule has 0 unspecified atom stereocenters. The van der Waals surface area contributed by atoms with E-state index in [9.17, 15) is 4.39 Å². The van der Waals surface area contributed by atoms with Gasteiger partial charge in [0.2, 0.25) is 0 Å². The summed E-state index contributed by atoms with van der Waals surface area (Å²) in [5.74, 6) is -0.221. The van der Waals surface area contributed by atoms with Gasteiger partial charge in [0.25, 0.3) is 0 Å². The minimum absolute atomic E-state index is 0.221. The quantitative estimate of drug-likeness (QED) is 0.878. The predicted octanol–water partition coefficient (Wildman–Crippen LogP) is 2.34. The first kappa shape index (κ1) is 11.8. The second kappa shape index (κ2) is 5.10. The molecule has 1 N–H and O–H groups in total. The van der Waals surface area contributed by atoms with Gasteiger partial charge in [0.15, 0.2) is 0 Å². The molecule has 0 radical (unpaired) electrons. The topological polar surface area (TPSA) is 29.9 Å². The molecule has 0 saturated heterocycles. The number of halogens is 1. The van der Waals surface area contributed by atoms with E-state index in [0.717, 1.165) is 29.9 Å². The Morgan fingerprint density at radius 2 is 2.18 bits per heavy atom. The normalized spacial score (nSPS) is 10.8. The zero-order chi connectivity index (χ0) is 12.3. The molecule has 0 aliphatic heterocycles. The average molecular weight is 233 g/mol. The van der Waals surface area contributed by atoms with Gasteiger partial charge in [0, 0.05) is 25.4 Å². The number of aryl methyl sites for hydroxylation is 1. The van der Waals surface area contributed by atoms with E-state index in [1.807, 2.05) is 26.1 Å². The molecule has 17 heavy (non-hydrogen) atoms. The zero-order valence-electron chi connectivity index (χ0n) is 10.1. The summed E-state index contributed by atoms with van der Waals surface area (Å²) < 4.78 is 15.1. The predicted molar refractivity (Wildman–Crippen MR) is 66.0 cm³/mol. The van der Waals surface area contributed by atoms with E-state index in [2.05, 4.69) is 10.4 Å². The van der Waals surface area contributed by atoms with E-state index in [1.165, 1.54) is 6.07 Å². The van der Waals surface area contributed by atoms with Crippen LogP contribution in [0.4, 0.5) is 4.39 Å². The van der Waals surface area contributed by atoms with Crippen molar-refractivity contribution in [3.05, 3.63) is 41.8 Å². The average Bonchev–Trinajstić information content (AvgIpc) is 2.74. The van der Waals surface area contributed by atoms with Gasteiger partial charge in [-0.1, -0.05) is 13.0 Å². The van der Waals surface area contributed by atoms with E-state index in [4.69, 9.17) is 0 Å². The van der Waals surface area contributed by atoms with Crippen LogP contribution in [0, 0.1) is 5.82 Å². The van der Waals surface area contributed by atoms with Gasteiger partial charge in [-0.05, 0) is 30.3 Å². The van der Waals surface area contributed by atoms with Crippen LogP contribution in [0.25, 0.3) is 11.3 Å². The lowest BCUT2D eigenvalue weighted by atomic mass is 10.0. The summed E-state index contributed by atoms with van der Waals surface area (Å²) in [4.78, 5) is 0. The molecule has 0 aliphatic carbocycles. The number of nitrogens with zero attached hydrogens (tertiary/aromatic N) is 2. The standard InChI is InChI=1S/C13H16FN3/c1-3-15-9-10-4-5-11(14)8-12(10)13-6-7-16-17(13)2/h4-8,15H,3,9H2,1-2H3. The summed E-state index contributed by atoms with van der Waals surface area (Å²) in [6, 6.07) is 6.76. The van der Waals surface area contributed by atoms with Crippen LogP contribution in [0.3, 0.4) is 0 Å². The van der Waals surface area contributed by atoms with Gasteiger partial charge in [-0.25, -0.2) is 4.39 Å². The van der Waals surface area contributed by atoms with E-state index < -0.39 is 0 Å². The van der Waals surface area contributed by atoms with Crippen molar-refractivity contribution in [2.24, 2.45) is 7.05 Å². The summed E-state index contributed by atoms with van der Waals surface area (Å²) in [6.07, 6.45) is 1.72. The minimum atomic E-state index is -0.221. The molecule has 0 atom stereocenters. The van der Waals surface area contributed by atoms with Crippen LogP contribution in [0.2, 0.25) is 0 Å². The molecule has 0 bridgehead atoms. The maximum Gasteiger partial charge on any atom is 0.123 e. The first-order valence-electron chi connectivity index (χ1n) is 5.70. The Labute approximate surface area is 100 Å². The number of benzene rings is 1. The van der Waals surface area contributed by atoms with Crippen molar-refractivity contribution in [2.45, 2.75) is 13.5 Å². The Hall–Kier alpha value is -1.68. The van der Waals surface area contributed by atoms with Crippen molar-refractivity contribution in [1.82, 2.24) is 15.1 Å². The van der Waals surface area contributed by atoms with Crippen molar-refractivity contribution < 1.29 is 4.39 Å². The van der Waals surface area contributed by atoms with Crippen molar-refractivity contribution >= 4 is 0 Å². The van der Waals surface area contributed by atoms with Crippen molar-refractivity contribution in [2.75, 3.05) is 6.54 Å². The first-order chi connectivity index (χ1) is 8.22. The number of nitrogens with one attached hydrogen (secondary N) is 1. The lowest BCUT2D eigenvalue weighted by molar-refractivity contribution is 0.626. The first-order valence-corrected chi connectivity index (χ1v) is 5.70. The molecule has 2 aromatic rings. The molecule has 0 fully saturated rings. The van der Waals surface area contributed by atoms with Gasteiger partial charge in [-0.3, -0.25) is 4.68 Å². The van der Waals surface area contributed by atoms with Crippen LogP contribution in [-0.2, 0) is 13.6 Å². The Kier molecular flexibility index (Phi) is 3.54. The second-order valence-electron chi connectivity index (χ2n) is 3.92. The van der Waals surface area contributed by atoms with Crippen molar-refractivity contribution in [3.63, 3.8) is 0 Å². The third kappa shape index (κ3) is 2.53. The van der Waals surface area contributed by atoms with Crippen molar-refractivity contribution in [3.8, 4) is 11.3 Å². The molecule has 1 aromatic carbocycles. The fraction of sp³-hybridized carbons (Fsp3) is 0.308. The molecule has 0 amide bonds. The Morgan fingerprint density at radius 3 is 2.82 bits per heavy atom. The summed E-state index contributed by atoms with van der Waals surface area (Å²) in [5, 5.41) is 7.37. The summed E-state index contributed by atoms with van der Waals surface area (Å²) in [7, 11) is 1.86. The van der Waals surface area contributed by atoms with Crippen LogP contribution in [0.15, 0.2) is 30.5 Å². The summed E-state index contributed by atoms with van der Waals surface area (Å²) in [6.45, 7) is 3.67. The molecule has 2 rings (SSSR count). The summed E-state index contributed by atoms with van der Waals surface area (Å²) >= 11 is 0. The van der Waals surface area contributed by atoms with E-state index in [1.54, 1.807) is 16.9 Å². The van der Waals surface area contributed by atoms with Crippen molar-refractivity contribution in [1.29, 1.82) is 0 Å². The molecule has 0 spiro atoms. The maximum absolute atomic E-state index is 13.3. The molecule has 1 heterocycles. The smallest absolute Gasteiger partial charge is 0.123 e. The van der Waals surface area contributed by atoms with Crippen LogP contribution < -0.4 is 5.32 Å². The Morgan fingerprint density at radius 1 is 1.35 bits per heavy atom. The highest BCUT2D eigenvalue weighted by Crippen LogP contribution is 2.24. The highest BCUT2D eigenvalue weighted by atomic mass is 19.1. The van der Waals surface area contributed by atoms with E-state index in [-0.39, 0.29) is 5.82 Å². The number of aromatic nitrogens is 2. The molecular weight excluding hydrogens is 217 g/mol. The third-order valence-corrected chi connectivity index (χ3v) is 2.73. The van der Waals surface area contributed by atoms with Crippen LogP contribution >= 0.6 is 0 Å². The molecule has 4 heteroatoms. The van der Waals surface area contributed by atoms with E-state index in [0.29, 0.717) is 0 Å². The molecular formula is C13H16FN3. The Bertz CT molecular complexity index is 505. The zero-order valence-corrected chi connectivity index (χ0v) is 10.1. The monoisotopic (exact) mass is 233 g/mol. The lowest BCUT2D eigenvalue weighted by Crippen LogP contribution is -2.13. The molecule has 90 valence electrons. The van der Waals surface area contributed by atoms with Crippen LogP contribution in [0.1, 0.15) is 12.5 Å². The minimum Gasteiger partial charge on any atom is -0.313 e. The van der Waals surface area contributed by atoms with Gasteiger partial charge in [0.05, 0.1) is 5.69 Å². The fourth-order valence-corrected chi connectivity index (χ4v) is 1.84. The molecule has 1 aromatic heterocycles. The highest BCUT2D eigenvalue weighted by Gasteiger charge is 2.09. The van der Waals surface area contributed by atoms with Gasteiger partial charge in [-0.2, -0.15) is 5.10 Å². The molecule has 0 saturated carbocycles. The van der Waals surface area contributed by atoms with E-state index >= 15 is 0 Å². The molecule has 3 nitrogen and oxygen atoms in total. The van der Waals surface area contributed by atoms with Gasteiger partial charge < -0.3 is 5.32 Å². The largest absolute Gasteiger partial charge is 0.313 e. The molecule has 0 aliphatic rings. The lowest BCUT2D eigenvalue weighted by Gasteiger charge is -2.10. The summed E-state index contributed by atoms with van der Waals surface area (Å²) in [5.41, 5.74) is 2.90. The fourth-order valence-electron chi connectivity index (χ4n) is 1.84. The van der Waals surface area contributed by atoms with Crippen LogP contribution in [0.5, 0.6) is 0 Å². The van der Waals surface area contributed by atoms with Gasteiger partial charge in [0.1, 0.15) is 5.82 Å². The highest BCUT2D eigenvalue weighted by molar-refractivity contribution is 5.63. The maximum atomic E-state index is 13.3. The number of rotatable bonds is 4. The second-order valence-corrected chi connectivity index (χ2v) is 3.92. The number of hydrogen-bond acceptors (Lipinski definition) is 2. The van der Waals surface area contributed by atoms with Gasteiger partial charge in [-0.15, -0.1) is 0 Å². The third-order valence-electron chi connectivity index (χ3n) is 2.73. The Balaban J connectivity index is 2.43.